The molecule has 0 spiro atoms. The van der Waals surface area contributed by atoms with E-state index < -0.39 is 0 Å². The lowest BCUT2D eigenvalue weighted by atomic mass is 9.78. The molecule has 21 heavy (non-hydrogen) atoms. The lowest BCUT2D eigenvalue weighted by Gasteiger charge is -2.22. The summed E-state index contributed by atoms with van der Waals surface area (Å²) in [5.41, 5.74) is 1.41. The van der Waals surface area contributed by atoms with Gasteiger partial charge in [0.15, 0.2) is 17.3 Å². The molecule has 0 amide bonds. The maximum absolute atomic E-state index is 12.6. The zero-order chi connectivity index (χ0) is 14.6. The van der Waals surface area contributed by atoms with Crippen molar-refractivity contribution in [2.75, 3.05) is 0 Å². The normalized spacial score (nSPS) is 17.2. The van der Waals surface area contributed by atoms with E-state index in [9.17, 15) is 14.4 Å². The summed E-state index contributed by atoms with van der Waals surface area (Å²) in [4.78, 5) is 36.7. The minimum absolute atomic E-state index is 0.140. The van der Waals surface area contributed by atoms with Gasteiger partial charge < -0.3 is 0 Å². The maximum Gasteiger partial charge on any atom is 0.194 e. The minimum atomic E-state index is -0.241. The Bertz CT molecular complexity index is 913. The van der Waals surface area contributed by atoms with Crippen molar-refractivity contribution in [2.45, 2.75) is 6.42 Å². The molecule has 2 aromatic carbocycles. The zero-order valence-corrected chi connectivity index (χ0v) is 11.1. The van der Waals surface area contributed by atoms with E-state index >= 15 is 0 Å². The van der Waals surface area contributed by atoms with Crippen molar-refractivity contribution in [3.05, 3.63) is 70.8 Å². The SMILES string of the molecule is O=C1C=C2C(=O)c3cc4ccccc4cc3C(=O)C2=CC1. The van der Waals surface area contributed by atoms with Crippen LogP contribution in [0.5, 0.6) is 0 Å². The van der Waals surface area contributed by atoms with Gasteiger partial charge in [-0.05, 0) is 29.0 Å². The number of Topliss-reactive ketones (excluding diaryl/α,β-unsaturated/α-hetero) is 2. The van der Waals surface area contributed by atoms with E-state index in [1.807, 2.05) is 24.3 Å². The summed E-state index contributed by atoms with van der Waals surface area (Å²) in [5, 5.41) is 1.84. The summed E-state index contributed by atoms with van der Waals surface area (Å²) < 4.78 is 0. The lowest BCUT2D eigenvalue weighted by molar-refractivity contribution is -0.113. The molecule has 3 heteroatoms. The van der Waals surface area contributed by atoms with Gasteiger partial charge in [0, 0.05) is 28.7 Å². The van der Waals surface area contributed by atoms with Gasteiger partial charge in [0.1, 0.15) is 0 Å². The highest BCUT2D eigenvalue weighted by Crippen LogP contribution is 2.34. The van der Waals surface area contributed by atoms with E-state index in [0.717, 1.165) is 10.8 Å². The van der Waals surface area contributed by atoms with Crippen molar-refractivity contribution in [3.8, 4) is 0 Å². The van der Waals surface area contributed by atoms with Crippen molar-refractivity contribution >= 4 is 28.1 Å². The molecule has 2 aromatic rings. The van der Waals surface area contributed by atoms with Crippen LogP contribution in [-0.4, -0.2) is 17.3 Å². The third-order valence-electron chi connectivity index (χ3n) is 3.97. The molecule has 100 valence electrons. The fourth-order valence-corrected chi connectivity index (χ4v) is 2.92. The fraction of sp³-hybridized carbons (Fsp3) is 0.0556. The molecule has 0 fully saturated rings. The Morgan fingerprint density at radius 2 is 1.33 bits per heavy atom. The molecule has 0 heterocycles. The maximum atomic E-state index is 12.6. The predicted molar refractivity (Wildman–Crippen MR) is 78.4 cm³/mol. The van der Waals surface area contributed by atoms with Crippen molar-refractivity contribution < 1.29 is 14.4 Å². The number of allylic oxidation sites excluding steroid dienone is 4. The number of rotatable bonds is 0. The number of carbonyl (C=O) groups excluding carboxylic acids is 3. The van der Waals surface area contributed by atoms with Crippen LogP contribution in [0, 0.1) is 0 Å². The molecule has 0 saturated carbocycles. The predicted octanol–water partition coefficient (Wildman–Crippen LogP) is 3.04. The standard InChI is InChI=1S/C18H10O3/c19-12-5-6-13-16(9-12)18(21)15-8-11-4-2-1-3-10(11)7-14(15)17(13)20/h1-4,6-9H,5H2. The molecule has 0 unspecified atom stereocenters. The average molecular weight is 274 g/mol. The quantitative estimate of drug-likeness (QED) is 0.742. The first-order valence-corrected chi connectivity index (χ1v) is 6.72. The second-order valence-corrected chi connectivity index (χ2v) is 5.25. The smallest absolute Gasteiger partial charge is 0.194 e. The number of fused-ring (bicyclic) bond motifs is 3. The van der Waals surface area contributed by atoms with Crippen LogP contribution in [0.25, 0.3) is 10.8 Å². The summed E-state index contributed by atoms with van der Waals surface area (Å²) >= 11 is 0. The Labute approximate surface area is 120 Å². The van der Waals surface area contributed by atoms with E-state index in [1.54, 1.807) is 18.2 Å². The molecule has 0 N–H and O–H groups in total. The number of hydrogen-bond donors (Lipinski definition) is 0. The van der Waals surface area contributed by atoms with Crippen LogP contribution in [0.3, 0.4) is 0 Å². The van der Waals surface area contributed by atoms with E-state index in [-0.39, 0.29) is 29.3 Å². The Hall–Kier alpha value is -2.81. The van der Waals surface area contributed by atoms with Gasteiger partial charge in [0.2, 0.25) is 0 Å². The summed E-state index contributed by atoms with van der Waals surface area (Å²) in [5.74, 6) is -0.553. The molecule has 4 rings (SSSR count). The molecule has 0 bridgehead atoms. The Morgan fingerprint density at radius 1 is 0.762 bits per heavy atom. The van der Waals surface area contributed by atoms with E-state index in [4.69, 9.17) is 0 Å². The van der Waals surface area contributed by atoms with Gasteiger partial charge >= 0.3 is 0 Å². The Balaban J connectivity index is 2.04. The average Bonchev–Trinajstić information content (AvgIpc) is 2.51. The van der Waals surface area contributed by atoms with Crippen LogP contribution in [0.1, 0.15) is 27.1 Å². The van der Waals surface area contributed by atoms with Crippen LogP contribution in [0.15, 0.2) is 59.7 Å². The Kier molecular flexibility index (Phi) is 2.33. The summed E-state index contributed by atoms with van der Waals surface area (Å²) in [6, 6.07) is 11.1. The van der Waals surface area contributed by atoms with Crippen LogP contribution < -0.4 is 0 Å². The molecule has 0 atom stereocenters. The number of benzene rings is 2. The Morgan fingerprint density at radius 3 is 1.95 bits per heavy atom. The number of ketones is 3. The third kappa shape index (κ3) is 1.64. The topological polar surface area (TPSA) is 51.2 Å². The molecular weight excluding hydrogens is 264 g/mol. The molecule has 0 aromatic heterocycles. The minimum Gasteiger partial charge on any atom is -0.294 e. The van der Waals surface area contributed by atoms with Gasteiger partial charge in [-0.2, -0.15) is 0 Å². The molecule has 3 nitrogen and oxygen atoms in total. The van der Waals surface area contributed by atoms with E-state index in [0.29, 0.717) is 16.7 Å². The van der Waals surface area contributed by atoms with Gasteiger partial charge in [0.25, 0.3) is 0 Å². The van der Waals surface area contributed by atoms with Crippen LogP contribution in [0.4, 0.5) is 0 Å². The number of carbonyl (C=O) groups is 3. The second kappa shape index (κ2) is 4.09. The first-order chi connectivity index (χ1) is 10.1. The first kappa shape index (κ1) is 12.0. The van der Waals surface area contributed by atoms with Crippen LogP contribution >= 0.6 is 0 Å². The lowest BCUT2D eigenvalue weighted by Crippen LogP contribution is -2.25. The molecule has 2 aliphatic carbocycles. The summed E-state index contributed by atoms with van der Waals surface area (Å²) in [7, 11) is 0. The molecule has 2 aliphatic rings. The fourth-order valence-electron chi connectivity index (χ4n) is 2.92. The third-order valence-corrected chi connectivity index (χ3v) is 3.97. The zero-order valence-electron chi connectivity index (χ0n) is 11.1. The van der Waals surface area contributed by atoms with Crippen molar-refractivity contribution in [2.24, 2.45) is 0 Å². The molecular formula is C18H10O3. The first-order valence-electron chi connectivity index (χ1n) is 6.72. The van der Waals surface area contributed by atoms with Gasteiger partial charge in [-0.3, -0.25) is 14.4 Å². The van der Waals surface area contributed by atoms with Crippen LogP contribution in [0.2, 0.25) is 0 Å². The molecule has 0 saturated heterocycles. The van der Waals surface area contributed by atoms with Gasteiger partial charge in [0.05, 0.1) is 0 Å². The van der Waals surface area contributed by atoms with Crippen molar-refractivity contribution in [1.82, 2.24) is 0 Å². The number of hydrogen-bond acceptors (Lipinski definition) is 3. The molecule has 0 aliphatic heterocycles. The van der Waals surface area contributed by atoms with Gasteiger partial charge in [-0.25, -0.2) is 0 Å². The highest BCUT2D eigenvalue weighted by atomic mass is 16.1. The summed E-state index contributed by atoms with van der Waals surface area (Å²) in [6.45, 7) is 0. The highest BCUT2D eigenvalue weighted by Gasteiger charge is 2.34. The van der Waals surface area contributed by atoms with Gasteiger partial charge in [-0.15, -0.1) is 0 Å². The monoisotopic (exact) mass is 274 g/mol. The second-order valence-electron chi connectivity index (χ2n) is 5.25. The van der Waals surface area contributed by atoms with Crippen molar-refractivity contribution in [3.63, 3.8) is 0 Å². The van der Waals surface area contributed by atoms with Crippen LogP contribution in [-0.2, 0) is 4.79 Å². The highest BCUT2D eigenvalue weighted by molar-refractivity contribution is 6.33. The van der Waals surface area contributed by atoms with E-state index in [2.05, 4.69) is 0 Å². The van der Waals surface area contributed by atoms with E-state index in [1.165, 1.54) is 6.08 Å². The van der Waals surface area contributed by atoms with Gasteiger partial charge in [-0.1, -0.05) is 30.3 Å². The van der Waals surface area contributed by atoms with Crippen molar-refractivity contribution in [1.29, 1.82) is 0 Å². The largest absolute Gasteiger partial charge is 0.294 e. The molecule has 0 radical (unpaired) electrons. The summed E-state index contributed by atoms with van der Waals surface area (Å²) in [6.07, 6.45) is 3.05.